The quantitative estimate of drug-likeness (QED) is 0.215. The van der Waals surface area contributed by atoms with Crippen molar-refractivity contribution in [2.75, 3.05) is 0 Å². The molecule has 0 aliphatic carbocycles. The molecule has 4 nitrogen and oxygen atoms in total. The number of hydrogen-bond donors (Lipinski definition) is 1. The number of fused-ring (bicyclic) bond motifs is 3. The van der Waals surface area contributed by atoms with E-state index in [9.17, 15) is 5.11 Å². The van der Waals surface area contributed by atoms with E-state index in [1.54, 1.807) is 17.8 Å². The standard InChI is InChI=1S/C40H43N3OS/c1-38(2,3)26-17-18-32-29(23-26)30-24-31(40(7,8)9)36(42-37(30)43(32)33-14-10-11-15-34(33)44)25-20-27(39(4,5)6)22-28(21-25)45-35-16-12-13-19-41-35/h10-24,44H,1-9H3. The van der Waals surface area contributed by atoms with Gasteiger partial charge < -0.3 is 5.11 Å². The molecule has 3 heterocycles. The van der Waals surface area contributed by atoms with E-state index >= 15 is 0 Å². The second kappa shape index (κ2) is 11.1. The van der Waals surface area contributed by atoms with Crippen molar-refractivity contribution in [1.29, 1.82) is 0 Å². The van der Waals surface area contributed by atoms with Crippen molar-refractivity contribution in [3.8, 4) is 22.7 Å². The normalized spacial score (nSPS) is 12.7. The van der Waals surface area contributed by atoms with E-state index in [0.29, 0.717) is 0 Å². The predicted octanol–water partition coefficient (Wildman–Crippen LogP) is 11.0. The van der Waals surface area contributed by atoms with Crippen LogP contribution in [0.4, 0.5) is 0 Å². The lowest BCUT2D eigenvalue weighted by atomic mass is 9.81. The highest BCUT2D eigenvalue weighted by atomic mass is 32.2. The third-order valence-electron chi connectivity index (χ3n) is 8.44. The summed E-state index contributed by atoms with van der Waals surface area (Å²) in [6, 6.07) is 29.4. The summed E-state index contributed by atoms with van der Waals surface area (Å²) in [5, 5.41) is 14.3. The summed E-state index contributed by atoms with van der Waals surface area (Å²) >= 11 is 1.68. The number of benzene rings is 3. The maximum atomic E-state index is 11.1. The van der Waals surface area contributed by atoms with Crippen molar-refractivity contribution in [2.24, 2.45) is 0 Å². The van der Waals surface area contributed by atoms with Gasteiger partial charge in [-0.2, -0.15) is 0 Å². The first-order chi connectivity index (χ1) is 21.1. The molecule has 3 aromatic carbocycles. The Hall–Kier alpha value is -4.09. The average molecular weight is 614 g/mol. The Morgan fingerprint density at radius 3 is 2.02 bits per heavy atom. The van der Waals surface area contributed by atoms with Gasteiger partial charge in [0, 0.05) is 27.4 Å². The van der Waals surface area contributed by atoms with E-state index in [4.69, 9.17) is 4.98 Å². The molecule has 0 bridgehead atoms. The minimum Gasteiger partial charge on any atom is -0.506 e. The molecule has 0 aliphatic rings. The van der Waals surface area contributed by atoms with Gasteiger partial charge in [-0.15, -0.1) is 0 Å². The zero-order valence-electron chi connectivity index (χ0n) is 27.9. The van der Waals surface area contributed by atoms with Crippen LogP contribution in [0.3, 0.4) is 0 Å². The van der Waals surface area contributed by atoms with Crippen molar-refractivity contribution >= 4 is 33.7 Å². The first-order valence-corrected chi connectivity index (χ1v) is 16.5. The summed E-state index contributed by atoms with van der Waals surface area (Å²) < 4.78 is 2.12. The molecular formula is C40H43N3OS. The number of phenols is 1. The molecule has 0 radical (unpaired) electrons. The Labute approximate surface area is 271 Å². The van der Waals surface area contributed by atoms with Crippen LogP contribution in [0, 0.1) is 0 Å². The molecule has 0 aliphatic heterocycles. The van der Waals surface area contributed by atoms with E-state index < -0.39 is 0 Å². The molecule has 0 fully saturated rings. The number of pyridine rings is 2. The third kappa shape index (κ3) is 5.98. The molecular weight excluding hydrogens is 571 g/mol. The third-order valence-corrected chi connectivity index (χ3v) is 9.37. The molecule has 0 saturated heterocycles. The Morgan fingerprint density at radius 2 is 1.38 bits per heavy atom. The number of rotatable bonds is 4. The number of aromatic nitrogens is 3. The van der Waals surface area contributed by atoms with Crippen LogP contribution in [0.25, 0.3) is 38.9 Å². The highest BCUT2D eigenvalue weighted by Gasteiger charge is 2.27. The largest absolute Gasteiger partial charge is 0.506 e. The van der Waals surface area contributed by atoms with Crippen LogP contribution in [0.1, 0.15) is 79.0 Å². The lowest BCUT2D eigenvalue weighted by Gasteiger charge is -2.25. The predicted molar refractivity (Wildman–Crippen MR) is 190 cm³/mol. The fourth-order valence-corrected chi connectivity index (χ4v) is 6.72. The average Bonchev–Trinajstić information content (AvgIpc) is 3.28. The first kappa shape index (κ1) is 30.9. The van der Waals surface area contributed by atoms with Gasteiger partial charge in [0.25, 0.3) is 0 Å². The molecule has 3 aromatic heterocycles. The van der Waals surface area contributed by atoms with Crippen LogP contribution < -0.4 is 0 Å². The molecule has 0 atom stereocenters. The van der Waals surface area contributed by atoms with Gasteiger partial charge in [0.1, 0.15) is 16.4 Å². The topological polar surface area (TPSA) is 50.9 Å². The Morgan fingerprint density at radius 1 is 0.667 bits per heavy atom. The minimum absolute atomic E-state index is 0.00714. The maximum Gasteiger partial charge on any atom is 0.146 e. The van der Waals surface area contributed by atoms with Gasteiger partial charge in [0.05, 0.1) is 16.9 Å². The van der Waals surface area contributed by atoms with Gasteiger partial charge in [-0.1, -0.05) is 98.3 Å². The summed E-state index contributed by atoms with van der Waals surface area (Å²) in [7, 11) is 0. The highest BCUT2D eigenvalue weighted by molar-refractivity contribution is 7.99. The molecule has 6 aromatic rings. The number of hydrogen-bond acceptors (Lipinski definition) is 4. The number of para-hydroxylation sites is 2. The van der Waals surface area contributed by atoms with Gasteiger partial charge >= 0.3 is 0 Å². The highest BCUT2D eigenvalue weighted by Crippen LogP contribution is 2.43. The Balaban J connectivity index is 1.71. The zero-order chi connectivity index (χ0) is 32.3. The van der Waals surface area contributed by atoms with Crippen LogP contribution in [-0.4, -0.2) is 19.6 Å². The zero-order valence-corrected chi connectivity index (χ0v) is 28.7. The van der Waals surface area contributed by atoms with Gasteiger partial charge in [-0.05, 0) is 93.6 Å². The minimum atomic E-state index is -0.173. The second-order valence-electron chi connectivity index (χ2n) is 15.1. The van der Waals surface area contributed by atoms with E-state index in [1.165, 1.54) is 16.7 Å². The van der Waals surface area contributed by atoms with Crippen LogP contribution in [0.5, 0.6) is 5.75 Å². The molecule has 230 valence electrons. The van der Waals surface area contributed by atoms with Crippen LogP contribution in [0.15, 0.2) is 101 Å². The molecule has 6 rings (SSSR count). The van der Waals surface area contributed by atoms with E-state index in [1.807, 2.05) is 36.5 Å². The Kier molecular flexibility index (Phi) is 7.60. The number of aromatic hydroxyl groups is 1. The molecule has 0 amide bonds. The van der Waals surface area contributed by atoms with E-state index in [2.05, 4.69) is 120 Å². The van der Waals surface area contributed by atoms with Crippen molar-refractivity contribution in [3.05, 3.63) is 108 Å². The van der Waals surface area contributed by atoms with Crippen molar-refractivity contribution in [2.45, 2.75) is 88.5 Å². The van der Waals surface area contributed by atoms with Crippen molar-refractivity contribution in [1.82, 2.24) is 14.5 Å². The van der Waals surface area contributed by atoms with Gasteiger partial charge in [0.15, 0.2) is 0 Å². The molecule has 5 heteroatoms. The summed E-state index contributed by atoms with van der Waals surface area (Å²) in [6.45, 7) is 20.3. The van der Waals surface area contributed by atoms with E-state index in [0.717, 1.165) is 48.8 Å². The molecule has 0 unspecified atom stereocenters. The smallest absolute Gasteiger partial charge is 0.146 e. The SMILES string of the molecule is CC(C)(C)c1cc(Sc2ccccn2)cc(-c2nc3c(cc2C(C)(C)C)c2cc(C(C)(C)C)ccc2n3-c2ccccc2O)c1. The van der Waals surface area contributed by atoms with Crippen LogP contribution in [0.2, 0.25) is 0 Å². The van der Waals surface area contributed by atoms with Gasteiger partial charge in [-0.25, -0.2) is 9.97 Å². The summed E-state index contributed by atoms with van der Waals surface area (Å²) in [6.07, 6.45) is 1.84. The fraction of sp³-hybridized carbons (Fsp3) is 0.300. The molecule has 0 saturated carbocycles. The molecule has 1 N–H and O–H groups in total. The van der Waals surface area contributed by atoms with Crippen LogP contribution in [-0.2, 0) is 16.2 Å². The number of phenolic OH excluding ortho intramolecular Hbond substituents is 1. The fourth-order valence-electron chi connectivity index (χ4n) is 5.84. The Bertz CT molecular complexity index is 2040. The lowest BCUT2D eigenvalue weighted by Crippen LogP contribution is -2.15. The van der Waals surface area contributed by atoms with Crippen molar-refractivity contribution < 1.29 is 5.11 Å². The van der Waals surface area contributed by atoms with Gasteiger partial charge in [-0.3, -0.25) is 4.57 Å². The molecule has 45 heavy (non-hydrogen) atoms. The summed E-state index contributed by atoms with van der Waals surface area (Å²) in [5.41, 5.74) is 8.08. The first-order valence-electron chi connectivity index (χ1n) is 15.6. The number of nitrogens with zero attached hydrogens (tertiary/aromatic N) is 3. The summed E-state index contributed by atoms with van der Waals surface area (Å²) in [4.78, 5) is 11.3. The second-order valence-corrected chi connectivity index (χ2v) is 16.2. The maximum absolute atomic E-state index is 11.1. The van der Waals surface area contributed by atoms with Crippen LogP contribution >= 0.6 is 11.8 Å². The van der Waals surface area contributed by atoms with Gasteiger partial charge in [0.2, 0.25) is 0 Å². The van der Waals surface area contributed by atoms with Crippen molar-refractivity contribution in [3.63, 3.8) is 0 Å². The van der Waals surface area contributed by atoms with E-state index in [-0.39, 0.29) is 22.0 Å². The monoisotopic (exact) mass is 613 g/mol. The lowest BCUT2D eigenvalue weighted by molar-refractivity contribution is 0.473. The molecule has 0 spiro atoms. The summed E-state index contributed by atoms with van der Waals surface area (Å²) in [5.74, 6) is 0.225.